The summed E-state index contributed by atoms with van der Waals surface area (Å²) in [5.41, 5.74) is 7.08. The fourth-order valence-electron chi connectivity index (χ4n) is 5.95. The summed E-state index contributed by atoms with van der Waals surface area (Å²) in [5.74, 6) is 0. The zero-order valence-electron chi connectivity index (χ0n) is 22.1. The molecule has 0 aromatic heterocycles. The van der Waals surface area contributed by atoms with Crippen molar-refractivity contribution in [3.63, 3.8) is 0 Å². The van der Waals surface area contributed by atoms with Gasteiger partial charge in [0.15, 0.2) is 0 Å². The summed E-state index contributed by atoms with van der Waals surface area (Å²) in [6, 6.07) is 43.5. The predicted octanol–water partition coefficient (Wildman–Crippen LogP) is 7.68. The van der Waals surface area contributed by atoms with Crippen molar-refractivity contribution in [2.75, 3.05) is 16.5 Å². The average Bonchev–Trinajstić information content (AvgIpc) is 3.38. The number of rotatable bonds is 6. The smallest absolute Gasteiger partial charge is 0.296 e. The zero-order chi connectivity index (χ0) is 27.7. The Balaban J connectivity index is 1.63. The number of para-hydroxylation sites is 2. The first-order chi connectivity index (χ1) is 19.4. The Hall–Kier alpha value is -4.39. The van der Waals surface area contributed by atoms with Crippen LogP contribution in [0.25, 0.3) is 11.1 Å². The van der Waals surface area contributed by atoms with E-state index in [4.69, 9.17) is 0 Å². The van der Waals surface area contributed by atoms with Crippen molar-refractivity contribution >= 4 is 21.5 Å². The van der Waals surface area contributed by atoms with E-state index in [0.29, 0.717) is 12.4 Å². The van der Waals surface area contributed by atoms with E-state index in [9.17, 15) is 13.0 Å². The van der Waals surface area contributed by atoms with E-state index in [-0.39, 0.29) is 17.0 Å². The van der Waals surface area contributed by atoms with Gasteiger partial charge in [-0.3, -0.25) is 4.55 Å². The van der Waals surface area contributed by atoms with Gasteiger partial charge < -0.3 is 9.80 Å². The molecule has 1 saturated heterocycles. The van der Waals surface area contributed by atoms with Crippen LogP contribution in [0.2, 0.25) is 0 Å². The first-order valence-electron chi connectivity index (χ1n) is 13.3. The van der Waals surface area contributed by atoms with Crippen molar-refractivity contribution in [2.24, 2.45) is 0 Å². The van der Waals surface area contributed by atoms with Crippen LogP contribution < -0.4 is 9.80 Å². The van der Waals surface area contributed by atoms with Crippen molar-refractivity contribution < 1.29 is 13.0 Å². The van der Waals surface area contributed by atoms with E-state index in [2.05, 4.69) is 71.3 Å². The molecule has 0 radical (unpaired) electrons. The minimum atomic E-state index is -4.46. The van der Waals surface area contributed by atoms with Crippen molar-refractivity contribution in [1.82, 2.24) is 0 Å². The van der Waals surface area contributed by atoms with Gasteiger partial charge in [0, 0.05) is 11.3 Å². The quantitative estimate of drug-likeness (QED) is 0.221. The molecule has 1 heterocycles. The summed E-state index contributed by atoms with van der Waals surface area (Å²) in [6.07, 6.45) is 0. The maximum absolute atomic E-state index is 12.6. The zero-order valence-corrected chi connectivity index (χ0v) is 22.9. The molecule has 0 saturated carbocycles. The van der Waals surface area contributed by atoms with Crippen LogP contribution in [0.4, 0.5) is 11.4 Å². The third-order valence-corrected chi connectivity index (χ3v) is 8.52. The Morgan fingerprint density at radius 3 is 1.75 bits per heavy atom. The van der Waals surface area contributed by atoms with Gasteiger partial charge in [-0.15, -0.1) is 0 Å². The van der Waals surface area contributed by atoms with Crippen LogP contribution in [-0.2, 0) is 10.1 Å². The topological polar surface area (TPSA) is 60.9 Å². The van der Waals surface area contributed by atoms with Crippen molar-refractivity contribution in [3.05, 3.63) is 150 Å². The van der Waals surface area contributed by atoms with Crippen LogP contribution in [0.1, 0.15) is 28.8 Å². The van der Waals surface area contributed by atoms with Gasteiger partial charge in [-0.25, -0.2) is 0 Å². The molecule has 1 aliphatic rings. The Bertz CT molecular complexity index is 1730. The summed E-state index contributed by atoms with van der Waals surface area (Å²) in [7, 11) is -4.46. The van der Waals surface area contributed by atoms with Crippen LogP contribution >= 0.6 is 0 Å². The highest BCUT2D eigenvalue weighted by atomic mass is 32.2. The molecule has 0 aliphatic carbocycles. The number of benzene rings is 5. The molecule has 1 aliphatic heterocycles. The molecular formula is C34H30N2O3S. The second kappa shape index (κ2) is 10.6. The first kappa shape index (κ1) is 25.9. The van der Waals surface area contributed by atoms with Crippen molar-refractivity contribution in [3.8, 4) is 11.1 Å². The van der Waals surface area contributed by atoms with Crippen LogP contribution in [0.15, 0.2) is 138 Å². The number of hydrogen-bond acceptors (Lipinski definition) is 4. The summed E-state index contributed by atoms with van der Waals surface area (Å²) in [5, 5.41) is 0. The predicted molar refractivity (Wildman–Crippen MR) is 161 cm³/mol. The SMILES string of the molecule is Cc1cccc(-c2ccccc2)c1N1CN(c2ccccc2S(=O)(=O)O)C(c2ccccc2)C1c1ccccc1. The normalized spacial score (nSPS) is 17.2. The molecule has 0 amide bonds. The molecule has 6 rings (SSSR count). The fraction of sp³-hybridized carbons (Fsp3) is 0.118. The van der Waals surface area contributed by atoms with E-state index in [1.165, 1.54) is 6.07 Å². The molecule has 1 N–H and O–H groups in total. The summed E-state index contributed by atoms with van der Waals surface area (Å²) >= 11 is 0. The molecular weight excluding hydrogens is 516 g/mol. The molecule has 2 unspecified atom stereocenters. The van der Waals surface area contributed by atoms with Crippen LogP contribution in [0.3, 0.4) is 0 Å². The van der Waals surface area contributed by atoms with Gasteiger partial charge in [0.2, 0.25) is 0 Å². The lowest BCUT2D eigenvalue weighted by Gasteiger charge is -2.32. The molecule has 5 aromatic rings. The van der Waals surface area contributed by atoms with Gasteiger partial charge in [0.05, 0.1) is 24.4 Å². The molecule has 5 nitrogen and oxygen atoms in total. The second-order valence-electron chi connectivity index (χ2n) is 10.1. The molecule has 2 atom stereocenters. The number of aryl methyl sites for hydroxylation is 1. The highest BCUT2D eigenvalue weighted by Crippen LogP contribution is 2.51. The van der Waals surface area contributed by atoms with Gasteiger partial charge in [-0.05, 0) is 41.3 Å². The lowest BCUT2D eigenvalue weighted by Crippen LogP contribution is -2.28. The van der Waals surface area contributed by atoms with Gasteiger partial charge >= 0.3 is 0 Å². The summed E-state index contributed by atoms with van der Waals surface area (Å²) in [6.45, 7) is 2.53. The Morgan fingerprint density at radius 1 is 0.625 bits per heavy atom. The number of anilines is 2. The minimum Gasteiger partial charge on any atom is -0.344 e. The fourth-order valence-corrected chi connectivity index (χ4v) is 6.65. The summed E-state index contributed by atoms with van der Waals surface area (Å²) in [4.78, 5) is 4.39. The highest BCUT2D eigenvalue weighted by Gasteiger charge is 2.44. The Morgan fingerprint density at radius 2 is 1.15 bits per heavy atom. The summed E-state index contributed by atoms with van der Waals surface area (Å²) < 4.78 is 35.4. The van der Waals surface area contributed by atoms with Crippen LogP contribution in [-0.4, -0.2) is 19.6 Å². The van der Waals surface area contributed by atoms with Gasteiger partial charge in [-0.2, -0.15) is 8.42 Å². The monoisotopic (exact) mass is 546 g/mol. The Labute approximate surface area is 235 Å². The maximum atomic E-state index is 12.6. The van der Waals surface area contributed by atoms with E-state index < -0.39 is 10.1 Å². The lowest BCUT2D eigenvalue weighted by molar-refractivity contribution is 0.482. The molecule has 5 aromatic carbocycles. The third-order valence-electron chi connectivity index (χ3n) is 7.62. The molecule has 200 valence electrons. The number of nitrogens with zero attached hydrogens (tertiary/aromatic N) is 2. The van der Waals surface area contributed by atoms with E-state index in [0.717, 1.165) is 33.5 Å². The van der Waals surface area contributed by atoms with Crippen molar-refractivity contribution in [2.45, 2.75) is 23.9 Å². The molecule has 0 bridgehead atoms. The maximum Gasteiger partial charge on any atom is 0.296 e. The molecule has 0 spiro atoms. The van der Waals surface area contributed by atoms with Gasteiger partial charge in [0.25, 0.3) is 10.1 Å². The van der Waals surface area contributed by atoms with E-state index in [1.54, 1.807) is 12.1 Å². The van der Waals surface area contributed by atoms with Crippen LogP contribution in [0.5, 0.6) is 0 Å². The Kier molecular flexibility index (Phi) is 6.88. The van der Waals surface area contributed by atoms with E-state index in [1.807, 2.05) is 60.7 Å². The molecule has 40 heavy (non-hydrogen) atoms. The largest absolute Gasteiger partial charge is 0.344 e. The second-order valence-corrected chi connectivity index (χ2v) is 11.5. The standard InChI is InChI=1S/C34H30N2O3S/c1-25-14-13-21-29(26-15-5-2-6-16-26)32(25)36-24-35(30-22-11-12-23-31(30)40(37,38)39)33(27-17-7-3-8-18-27)34(36)28-19-9-4-10-20-28/h2-23,33-34H,24H2,1H3,(H,37,38,39). The molecule has 1 fully saturated rings. The first-order valence-corrected chi connectivity index (χ1v) is 14.7. The third kappa shape index (κ3) is 4.76. The highest BCUT2D eigenvalue weighted by molar-refractivity contribution is 7.86. The van der Waals surface area contributed by atoms with Crippen LogP contribution in [0, 0.1) is 6.92 Å². The minimum absolute atomic E-state index is 0.0994. The van der Waals surface area contributed by atoms with Gasteiger partial charge in [0.1, 0.15) is 4.90 Å². The van der Waals surface area contributed by atoms with Crippen molar-refractivity contribution in [1.29, 1.82) is 0 Å². The number of hydrogen-bond donors (Lipinski definition) is 1. The average molecular weight is 547 g/mol. The molecule has 6 heteroatoms. The lowest BCUT2D eigenvalue weighted by atomic mass is 9.91. The van der Waals surface area contributed by atoms with E-state index >= 15 is 0 Å². The van der Waals surface area contributed by atoms with Gasteiger partial charge in [-0.1, -0.05) is 121 Å².